The first-order valence-corrected chi connectivity index (χ1v) is 12.9. The van der Waals surface area contributed by atoms with Gasteiger partial charge in [0.2, 0.25) is 0 Å². The van der Waals surface area contributed by atoms with Crippen LogP contribution < -0.4 is 5.73 Å². The first kappa shape index (κ1) is 28.4. The van der Waals surface area contributed by atoms with Crippen LogP contribution in [0.3, 0.4) is 0 Å². The highest BCUT2D eigenvalue weighted by Gasteiger charge is 2.27. The summed E-state index contributed by atoms with van der Waals surface area (Å²) < 4.78 is 14.9. The molecule has 1 aromatic rings. The van der Waals surface area contributed by atoms with Crippen LogP contribution in [0.5, 0.6) is 0 Å². The minimum Gasteiger partial charge on any atom is -0.330 e. The standard InChI is InChI=1S/C18H33N5.C7H9F.C2H4O/c1-14(6-9-19)22-10-4-5-16(7-12-22)23-15(2)20-17-13-21(3)11-8-18(17)23;1-6-3-2-4-7(8)5-6;1-2-3/h14,16H,4-13,19H2,1-3H3;2-4,7H,5H2,1H3;2H,1H3. The van der Waals surface area contributed by atoms with Crippen molar-refractivity contribution in [3.05, 3.63) is 41.0 Å². The number of alkyl halides is 1. The van der Waals surface area contributed by atoms with Crippen LogP contribution in [0.25, 0.3) is 0 Å². The highest BCUT2D eigenvalue weighted by molar-refractivity contribution is 5.44. The van der Waals surface area contributed by atoms with Gasteiger partial charge in [0.05, 0.1) is 5.69 Å². The van der Waals surface area contributed by atoms with Crippen molar-refractivity contribution >= 4 is 6.29 Å². The summed E-state index contributed by atoms with van der Waals surface area (Å²) in [6.07, 6.45) is 11.9. The number of hydrogen-bond donors (Lipinski definition) is 1. The lowest BCUT2D eigenvalue weighted by atomic mass is 10.1. The Balaban J connectivity index is 0.000000309. The molecule has 1 aromatic heterocycles. The average molecular weight is 476 g/mol. The molecular formula is C27H46FN5O. The molecule has 0 bridgehead atoms. The van der Waals surface area contributed by atoms with Gasteiger partial charge in [-0.2, -0.15) is 0 Å². The molecule has 1 aliphatic carbocycles. The fraction of sp³-hybridized carbons (Fsp3) is 0.704. The molecule has 192 valence electrons. The van der Waals surface area contributed by atoms with Crippen LogP contribution in [0, 0.1) is 6.92 Å². The molecule has 0 radical (unpaired) electrons. The molecule has 3 aliphatic rings. The van der Waals surface area contributed by atoms with Gasteiger partial charge < -0.3 is 24.9 Å². The molecular weight excluding hydrogens is 429 g/mol. The number of halogens is 1. The number of rotatable bonds is 4. The highest BCUT2D eigenvalue weighted by Crippen LogP contribution is 2.30. The zero-order chi connectivity index (χ0) is 25.1. The van der Waals surface area contributed by atoms with Gasteiger partial charge in [0.1, 0.15) is 18.3 Å². The number of carbonyl (C=O) groups excluding carboxylic acids is 1. The Kier molecular flexibility index (Phi) is 12.2. The molecule has 3 heterocycles. The Morgan fingerprint density at radius 1 is 1.26 bits per heavy atom. The number of imidazole rings is 1. The predicted octanol–water partition coefficient (Wildman–Crippen LogP) is 4.38. The number of aryl methyl sites for hydroxylation is 1. The molecule has 0 aromatic carbocycles. The first-order chi connectivity index (χ1) is 16.3. The number of likely N-dealkylation sites (tertiary alicyclic amines) is 1. The summed E-state index contributed by atoms with van der Waals surface area (Å²) in [6.45, 7) is 13.3. The molecule has 3 atom stereocenters. The summed E-state index contributed by atoms with van der Waals surface area (Å²) in [7, 11) is 2.19. The summed E-state index contributed by atoms with van der Waals surface area (Å²) >= 11 is 0. The van der Waals surface area contributed by atoms with Crippen molar-refractivity contribution < 1.29 is 9.18 Å². The smallest absolute Gasteiger partial charge is 0.122 e. The molecule has 1 fully saturated rings. The molecule has 2 N–H and O–H groups in total. The van der Waals surface area contributed by atoms with Crippen LogP contribution in [0.1, 0.15) is 76.1 Å². The van der Waals surface area contributed by atoms with Crippen molar-refractivity contribution in [3.63, 3.8) is 0 Å². The monoisotopic (exact) mass is 475 g/mol. The van der Waals surface area contributed by atoms with E-state index in [1.54, 1.807) is 12.2 Å². The number of allylic oxidation sites excluding steroid dienone is 4. The first-order valence-electron chi connectivity index (χ1n) is 12.9. The SMILES string of the molecule is CC1=CC=CC(F)C1.CC=O.Cc1nc2c(n1C1CCCN(C(C)CCN)CC1)CCN(C)C2. The summed E-state index contributed by atoms with van der Waals surface area (Å²) in [6, 6.07) is 1.25. The summed E-state index contributed by atoms with van der Waals surface area (Å²) in [4.78, 5) is 18.7. The van der Waals surface area contributed by atoms with Gasteiger partial charge >= 0.3 is 0 Å². The maximum atomic E-state index is 12.3. The second-order valence-electron chi connectivity index (χ2n) is 9.81. The van der Waals surface area contributed by atoms with Gasteiger partial charge in [-0.3, -0.25) is 0 Å². The molecule has 3 unspecified atom stereocenters. The van der Waals surface area contributed by atoms with Crippen molar-refractivity contribution in [3.8, 4) is 0 Å². The second-order valence-corrected chi connectivity index (χ2v) is 9.81. The number of likely N-dealkylation sites (N-methyl/N-ethyl adjacent to an activating group) is 1. The number of nitrogens with two attached hydrogens (primary N) is 1. The van der Waals surface area contributed by atoms with Crippen LogP contribution >= 0.6 is 0 Å². The van der Waals surface area contributed by atoms with E-state index in [0.717, 1.165) is 44.3 Å². The van der Waals surface area contributed by atoms with Crippen LogP contribution in [0.15, 0.2) is 23.8 Å². The number of hydrogen-bond acceptors (Lipinski definition) is 5. The largest absolute Gasteiger partial charge is 0.330 e. The lowest BCUT2D eigenvalue weighted by Gasteiger charge is -2.28. The number of carbonyl (C=O) groups is 1. The lowest BCUT2D eigenvalue weighted by Crippen LogP contribution is -2.35. The van der Waals surface area contributed by atoms with Crippen LogP contribution in [-0.2, 0) is 17.8 Å². The van der Waals surface area contributed by atoms with Crippen molar-refractivity contribution in [1.29, 1.82) is 0 Å². The van der Waals surface area contributed by atoms with Crippen LogP contribution in [0.2, 0.25) is 0 Å². The van der Waals surface area contributed by atoms with E-state index in [2.05, 4.69) is 35.3 Å². The maximum absolute atomic E-state index is 12.3. The minimum atomic E-state index is -0.736. The van der Waals surface area contributed by atoms with Gasteiger partial charge in [-0.25, -0.2) is 9.37 Å². The average Bonchev–Trinajstić information content (AvgIpc) is 2.94. The van der Waals surface area contributed by atoms with E-state index < -0.39 is 6.17 Å². The van der Waals surface area contributed by atoms with Gasteiger partial charge in [0, 0.05) is 50.3 Å². The van der Waals surface area contributed by atoms with Gasteiger partial charge in [0.15, 0.2) is 0 Å². The zero-order valence-electron chi connectivity index (χ0n) is 22.0. The lowest BCUT2D eigenvalue weighted by molar-refractivity contribution is -0.106. The minimum absolute atomic E-state index is 0.580. The van der Waals surface area contributed by atoms with Crippen molar-refractivity contribution in [1.82, 2.24) is 19.4 Å². The van der Waals surface area contributed by atoms with E-state index >= 15 is 0 Å². The molecule has 34 heavy (non-hydrogen) atoms. The normalized spacial score (nSPS) is 23.9. The molecule has 1 saturated heterocycles. The quantitative estimate of drug-likeness (QED) is 0.655. The number of aromatic nitrogens is 2. The second kappa shape index (κ2) is 14.5. The van der Waals surface area contributed by atoms with E-state index in [4.69, 9.17) is 15.5 Å². The molecule has 2 aliphatic heterocycles. The summed E-state index contributed by atoms with van der Waals surface area (Å²) in [5.74, 6) is 1.22. The van der Waals surface area contributed by atoms with Gasteiger partial charge in [-0.05, 0) is 73.5 Å². The Morgan fingerprint density at radius 2 is 2.00 bits per heavy atom. The summed E-state index contributed by atoms with van der Waals surface area (Å²) in [5.41, 5.74) is 9.69. The number of aldehydes is 1. The Labute approximate surface area is 206 Å². The van der Waals surface area contributed by atoms with E-state index in [-0.39, 0.29) is 0 Å². The van der Waals surface area contributed by atoms with E-state index in [9.17, 15) is 4.39 Å². The van der Waals surface area contributed by atoms with Crippen molar-refractivity contribution in [2.45, 2.75) is 91.0 Å². The molecule has 0 saturated carbocycles. The maximum Gasteiger partial charge on any atom is 0.122 e. The van der Waals surface area contributed by atoms with Crippen LogP contribution in [-0.4, -0.2) is 71.1 Å². The van der Waals surface area contributed by atoms with Crippen LogP contribution in [0.4, 0.5) is 4.39 Å². The fourth-order valence-corrected chi connectivity index (χ4v) is 5.16. The molecule has 7 heteroatoms. The Morgan fingerprint density at radius 3 is 2.62 bits per heavy atom. The van der Waals surface area contributed by atoms with Gasteiger partial charge in [-0.15, -0.1) is 0 Å². The highest BCUT2D eigenvalue weighted by atomic mass is 19.1. The molecule has 4 rings (SSSR count). The van der Waals surface area contributed by atoms with Gasteiger partial charge in [0.25, 0.3) is 0 Å². The van der Waals surface area contributed by atoms with Crippen molar-refractivity contribution in [2.24, 2.45) is 5.73 Å². The zero-order valence-corrected chi connectivity index (χ0v) is 22.0. The van der Waals surface area contributed by atoms with E-state index in [1.807, 2.05) is 13.0 Å². The molecule has 6 nitrogen and oxygen atoms in total. The van der Waals surface area contributed by atoms with E-state index in [1.165, 1.54) is 56.5 Å². The third-order valence-electron chi connectivity index (χ3n) is 6.94. The van der Waals surface area contributed by atoms with Crippen molar-refractivity contribution in [2.75, 3.05) is 33.2 Å². The Hall–Kier alpha value is -1.83. The molecule has 0 amide bonds. The summed E-state index contributed by atoms with van der Waals surface area (Å²) in [5, 5.41) is 0. The predicted molar refractivity (Wildman–Crippen MR) is 139 cm³/mol. The van der Waals surface area contributed by atoms with E-state index in [0.29, 0.717) is 18.5 Å². The third kappa shape index (κ3) is 8.43. The number of nitrogens with zero attached hydrogens (tertiary/aromatic N) is 4. The third-order valence-corrected chi connectivity index (χ3v) is 6.94. The number of fused-ring (bicyclic) bond motifs is 1. The Bertz CT molecular complexity index is 818. The topological polar surface area (TPSA) is 67.4 Å². The van der Waals surface area contributed by atoms with Gasteiger partial charge in [-0.1, -0.05) is 23.8 Å². The molecule has 0 spiro atoms. The fourth-order valence-electron chi connectivity index (χ4n) is 5.16.